The van der Waals surface area contributed by atoms with Crippen LogP contribution in [0.2, 0.25) is 5.02 Å². The van der Waals surface area contributed by atoms with Gasteiger partial charge in [0.05, 0.1) is 22.9 Å². The molecule has 28 heavy (non-hydrogen) atoms. The van der Waals surface area contributed by atoms with E-state index in [0.717, 1.165) is 26.2 Å². The van der Waals surface area contributed by atoms with Crippen molar-refractivity contribution in [2.45, 2.75) is 26.1 Å². The molecule has 7 nitrogen and oxygen atoms in total. The third-order valence-electron chi connectivity index (χ3n) is 5.40. The molecule has 1 aromatic rings. The Balaban J connectivity index is 1.40. The van der Waals surface area contributed by atoms with E-state index >= 15 is 0 Å². The first-order valence-electron chi connectivity index (χ1n) is 10.1. The highest BCUT2D eigenvalue weighted by molar-refractivity contribution is 6.33. The van der Waals surface area contributed by atoms with Crippen molar-refractivity contribution in [2.75, 3.05) is 57.7 Å². The number of nitrogens with zero attached hydrogens (tertiary/aromatic N) is 1. The molecule has 2 aliphatic rings. The molecule has 2 fully saturated rings. The van der Waals surface area contributed by atoms with Gasteiger partial charge in [0.15, 0.2) is 13.1 Å². The molecule has 0 unspecified atom stereocenters. The Morgan fingerprint density at radius 2 is 1.64 bits per heavy atom. The number of nitrogens with one attached hydrogen (secondary N) is 3. The van der Waals surface area contributed by atoms with E-state index in [1.807, 2.05) is 30.9 Å². The Morgan fingerprint density at radius 1 is 1.07 bits per heavy atom. The van der Waals surface area contributed by atoms with Gasteiger partial charge in [-0.15, -0.1) is 0 Å². The van der Waals surface area contributed by atoms with Crippen molar-refractivity contribution in [1.29, 1.82) is 0 Å². The first kappa shape index (κ1) is 21.0. The summed E-state index contributed by atoms with van der Waals surface area (Å²) in [6, 6.07) is 7.25. The summed E-state index contributed by atoms with van der Waals surface area (Å²) in [6.07, 6.45) is 0.196. The molecular formula is C20H31ClN4O3+2. The Hall–Kier alpha value is -1.67. The molecule has 0 bridgehead atoms. The molecule has 8 heteroatoms. The average Bonchev–Trinajstić information content (AvgIpc) is 2.64. The van der Waals surface area contributed by atoms with Crippen LogP contribution in [0.3, 0.4) is 0 Å². The Morgan fingerprint density at radius 3 is 2.25 bits per heavy atom. The normalized spacial score (nSPS) is 28.0. The molecule has 0 aliphatic carbocycles. The minimum atomic E-state index is -0.0288. The lowest BCUT2D eigenvalue weighted by atomic mass is 10.2. The zero-order valence-electron chi connectivity index (χ0n) is 16.7. The van der Waals surface area contributed by atoms with E-state index < -0.39 is 0 Å². The average molecular weight is 411 g/mol. The second-order valence-corrected chi connectivity index (χ2v) is 8.34. The summed E-state index contributed by atoms with van der Waals surface area (Å²) in [7, 11) is 0. The lowest BCUT2D eigenvalue weighted by Crippen LogP contribution is -3.28. The largest absolute Gasteiger partial charge is 0.372 e. The fraction of sp³-hybridized carbons (Fsp3) is 0.600. The van der Waals surface area contributed by atoms with E-state index in [1.54, 1.807) is 12.1 Å². The van der Waals surface area contributed by atoms with Crippen molar-refractivity contribution in [1.82, 2.24) is 4.90 Å². The number of hydrogen-bond donors (Lipinski definition) is 3. The number of halogens is 1. The monoisotopic (exact) mass is 410 g/mol. The van der Waals surface area contributed by atoms with Crippen LogP contribution in [0.15, 0.2) is 24.3 Å². The van der Waals surface area contributed by atoms with Crippen LogP contribution in [0.5, 0.6) is 0 Å². The molecule has 3 N–H and O–H groups in total. The Labute approximate surface area is 171 Å². The number of quaternary nitrogens is 2. The number of benzene rings is 1. The van der Waals surface area contributed by atoms with Crippen LogP contribution in [-0.2, 0) is 14.3 Å². The fourth-order valence-corrected chi connectivity index (χ4v) is 4.18. The van der Waals surface area contributed by atoms with Gasteiger partial charge >= 0.3 is 0 Å². The molecule has 2 heterocycles. The quantitative estimate of drug-likeness (QED) is 0.565. The number of carbonyl (C=O) groups is 2. The molecule has 1 aromatic carbocycles. The predicted molar refractivity (Wildman–Crippen MR) is 108 cm³/mol. The first-order valence-corrected chi connectivity index (χ1v) is 10.4. The summed E-state index contributed by atoms with van der Waals surface area (Å²) in [5.74, 6) is 0.177. The van der Waals surface area contributed by atoms with Crippen molar-refractivity contribution in [3.8, 4) is 0 Å². The molecule has 2 atom stereocenters. The van der Waals surface area contributed by atoms with Gasteiger partial charge in [-0.1, -0.05) is 23.7 Å². The molecule has 3 rings (SSSR count). The summed E-state index contributed by atoms with van der Waals surface area (Å²) in [4.78, 5) is 29.4. The highest BCUT2D eigenvalue weighted by Crippen LogP contribution is 2.19. The number of hydrogen-bond acceptors (Lipinski definition) is 3. The van der Waals surface area contributed by atoms with Crippen LogP contribution in [0.25, 0.3) is 0 Å². The van der Waals surface area contributed by atoms with Gasteiger partial charge in [0.25, 0.3) is 11.8 Å². The second-order valence-electron chi connectivity index (χ2n) is 7.94. The third-order valence-corrected chi connectivity index (χ3v) is 5.73. The third kappa shape index (κ3) is 5.91. The predicted octanol–water partition coefficient (Wildman–Crippen LogP) is -1.30. The van der Waals surface area contributed by atoms with Gasteiger partial charge in [0.1, 0.15) is 26.2 Å². The van der Waals surface area contributed by atoms with Gasteiger partial charge in [-0.3, -0.25) is 9.59 Å². The Kier molecular flexibility index (Phi) is 7.29. The molecule has 0 saturated carbocycles. The number of piperazine rings is 1. The maximum atomic E-state index is 12.6. The number of rotatable bonds is 5. The number of anilines is 1. The number of morpholine rings is 1. The fourth-order valence-electron chi connectivity index (χ4n) is 4.00. The van der Waals surface area contributed by atoms with Crippen molar-refractivity contribution in [2.24, 2.45) is 0 Å². The molecule has 0 radical (unpaired) electrons. The molecule has 2 saturated heterocycles. The van der Waals surface area contributed by atoms with Gasteiger partial charge in [-0.2, -0.15) is 0 Å². The van der Waals surface area contributed by atoms with Crippen LogP contribution in [0.1, 0.15) is 13.8 Å². The number of ether oxygens (including phenoxy) is 1. The molecule has 0 aromatic heterocycles. The van der Waals surface area contributed by atoms with Crippen LogP contribution in [0.4, 0.5) is 5.69 Å². The van der Waals surface area contributed by atoms with Crippen molar-refractivity contribution in [3.63, 3.8) is 0 Å². The number of para-hydroxylation sites is 1. The van der Waals surface area contributed by atoms with Gasteiger partial charge < -0.3 is 24.8 Å². The smallest absolute Gasteiger partial charge is 0.279 e. The molecular weight excluding hydrogens is 380 g/mol. The van der Waals surface area contributed by atoms with E-state index in [2.05, 4.69) is 5.32 Å². The van der Waals surface area contributed by atoms with E-state index in [9.17, 15) is 9.59 Å². The van der Waals surface area contributed by atoms with Crippen LogP contribution < -0.4 is 15.1 Å². The lowest BCUT2D eigenvalue weighted by Gasteiger charge is -2.36. The standard InChI is InChI=1S/C20H29ClN4O3/c1-15-11-25(12-16(2)28-15)20(27)14-24-9-7-23(8-10-24)13-19(26)22-18-6-4-3-5-17(18)21/h3-6,15-16H,7-14H2,1-2H3,(H,22,26)/p+2/t15-,16+. The molecule has 2 amide bonds. The zero-order valence-corrected chi connectivity index (χ0v) is 17.4. The summed E-state index contributed by atoms with van der Waals surface area (Å²) in [5.41, 5.74) is 0.650. The highest BCUT2D eigenvalue weighted by atomic mass is 35.5. The van der Waals surface area contributed by atoms with Gasteiger partial charge in [-0.05, 0) is 26.0 Å². The highest BCUT2D eigenvalue weighted by Gasteiger charge is 2.31. The lowest BCUT2D eigenvalue weighted by molar-refractivity contribution is -1.00. The second kappa shape index (κ2) is 9.69. The summed E-state index contributed by atoms with van der Waals surface area (Å²) >= 11 is 6.09. The van der Waals surface area contributed by atoms with E-state index in [-0.39, 0.29) is 24.0 Å². The van der Waals surface area contributed by atoms with Crippen LogP contribution >= 0.6 is 11.6 Å². The summed E-state index contributed by atoms with van der Waals surface area (Å²) < 4.78 is 5.71. The van der Waals surface area contributed by atoms with E-state index in [0.29, 0.717) is 36.9 Å². The zero-order chi connectivity index (χ0) is 20.1. The van der Waals surface area contributed by atoms with Crippen LogP contribution in [-0.4, -0.2) is 81.3 Å². The van der Waals surface area contributed by atoms with Crippen molar-refractivity contribution < 1.29 is 24.1 Å². The number of amides is 2. The molecule has 154 valence electrons. The first-order chi connectivity index (χ1) is 13.4. The van der Waals surface area contributed by atoms with Gasteiger partial charge in [0.2, 0.25) is 0 Å². The SMILES string of the molecule is C[C@@H]1CN(C(=O)C[NH+]2CC[NH+](CC(=O)Nc3ccccc3Cl)CC2)C[C@H](C)O1. The molecule has 0 spiro atoms. The topological polar surface area (TPSA) is 67.5 Å². The van der Waals surface area contributed by atoms with E-state index in [1.165, 1.54) is 9.80 Å². The maximum Gasteiger partial charge on any atom is 0.279 e. The van der Waals surface area contributed by atoms with Gasteiger partial charge in [-0.25, -0.2) is 0 Å². The Bertz CT molecular complexity index is 684. The molecule has 2 aliphatic heterocycles. The van der Waals surface area contributed by atoms with Crippen molar-refractivity contribution in [3.05, 3.63) is 29.3 Å². The minimum Gasteiger partial charge on any atom is -0.372 e. The van der Waals surface area contributed by atoms with Crippen molar-refractivity contribution >= 4 is 29.1 Å². The maximum absolute atomic E-state index is 12.6. The van der Waals surface area contributed by atoms with Crippen LogP contribution in [0, 0.1) is 0 Å². The van der Waals surface area contributed by atoms with Gasteiger partial charge in [0, 0.05) is 13.1 Å². The summed E-state index contributed by atoms with van der Waals surface area (Å²) in [5, 5.41) is 3.43. The van der Waals surface area contributed by atoms with E-state index in [4.69, 9.17) is 16.3 Å². The summed E-state index contributed by atoms with van der Waals surface area (Å²) in [6.45, 7) is 9.89. The number of carbonyl (C=O) groups excluding carboxylic acids is 2. The minimum absolute atomic E-state index is 0.0288.